The van der Waals surface area contributed by atoms with Crippen molar-refractivity contribution in [3.05, 3.63) is 23.8 Å². The summed E-state index contributed by atoms with van der Waals surface area (Å²) in [6.07, 6.45) is 2.26. The minimum Gasteiger partial charge on any atom is -0.454 e. The minimum absolute atomic E-state index is 0. The molecule has 4 rings (SSSR count). The molecule has 26 heavy (non-hydrogen) atoms. The van der Waals surface area contributed by atoms with Gasteiger partial charge in [-0.3, -0.25) is 9.59 Å². The normalized spacial score (nSPS) is 22.2. The summed E-state index contributed by atoms with van der Waals surface area (Å²) in [6, 6.07) is 5.78. The third-order valence-corrected chi connectivity index (χ3v) is 5.11. The Hall–Kier alpha value is -1.99. The van der Waals surface area contributed by atoms with E-state index in [4.69, 9.17) is 9.47 Å². The number of rotatable bonds is 3. The molecule has 0 spiro atoms. The summed E-state index contributed by atoms with van der Waals surface area (Å²) in [7, 11) is 0. The summed E-state index contributed by atoms with van der Waals surface area (Å²) in [5, 5.41) is 3.10. The first kappa shape index (κ1) is 18.8. The fourth-order valence-corrected chi connectivity index (χ4v) is 3.78. The van der Waals surface area contributed by atoms with Gasteiger partial charge >= 0.3 is 0 Å². The molecule has 7 nitrogen and oxygen atoms in total. The number of fused-ring (bicyclic) bond motifs is 1. The smallest absolute Gasteiger partial charge is 0.236 e. The average Bonchev–Trinajstić information content (AvgIpc) is 3.10. The molecule has 0 aromatic heterocycles. The fraction of sp³-hybridized carbons (Fsp3) is 0.556. The van der Waals surface area contributed by atoms with Gasteiger partial charge < -0.3 is 24.6 Å². The van der Waals surface area contributed by atoms with Crippen LogP contribution in [0.25, 0.3) is 0 Å². The lowest BCUT2D eigenvalue weighted by atomic mass is 10.0. The first-order valence-corrected chi connectivity index (χ1v) is 8.87. The number of piperidine rings is 1. The van der Waals surface area contributed by atoms with Crippen molar-refractivity contribution < 1.29 is 19.1 Å². The topological polar surface area (TPSA) is 71.1 Å². The Balaban J connectivity index is 0.00000196. The number of nitrogens with one attached hydrogen (secondary N) is 1. The van der Waals surface area contributed by atoms with E-state index < -0.39 is 0 Å². The van der Waals surface area contributed by atoms with E-state index in [2.05, 4.69) is 5.32 Å². The van der Waals surface area contributed by atoms with E-state index in [-0.39, 0.29) is 37.1 Å². The molecule has 2 fully saturated rings. The zero-order chi connectivity index (χ0) is 17.2. The van der Waals surface area contributed by atoms with Gasteiger partial charge in [0, 0.05) is 32.2 Å². The van der Waals surface area contributed by atoms with Crippen LogP contribution in [0.3, 0.4) is 0 Å². The number of nitrogens with zero attached hydrogens (tertiary/aromatic N) is 2. The SMILES string of the molecule is Cl.O=C(Cc1ccc2c(c1)OCO2)N1CCCC(N2CCNCC2=O)C1. The molecular weight excluding hydrogens is 358 g/mol. The number of amides is 2. The molecule has 8 heteroatoms. The standard InChI is InChI=1S/C18H23N3O4.ClH/c22-17(9-13-3-4-15-16(8-13)25-12-24-15)20-6-1-2-14(11-20)21-7-5-19-10-18(21)23;/h3-4,8,14,19H,1-2,5-7,9-12H2;1H. The van der Waals surface area contributed by atoms with Crippen LogP contribution < -0.4 is 14.8 Å². The van der Waals surface area contributed by atoms with Gasteiger partial charge in [0.05, 0.1) is 13.0 Å². The van der Waals surface area contributed by atoms with Gasteiger partial charge in [-0.1, -0.05) is 6.07 Å². The summed E-state index contributed by atoms with van der Waals surface area (Å²) >= 11 is 0. The van der Waals surface area contributed by atoms with E-state index >= 15 is 0 Å². The Bertz CT molecular complexity index is 684. The maximum Gasteiger partial charge on any atom is 0.236 e. The number of ether oxygens (including phenoxy) is 2. The summed E-state index contributed by atoms with van der Waals surface area (Å²) in [6.45, 7) is 3.59. The van der Waals surface area contributed by atoms with E-state index in [0.717, 1.165) is 43.8 Å². The van der Waals surface area contributed by atoms with Crippen LogP contribution in [-0.4, -0.2) is 67.2 Å². The quantitative estimate of drug-likeness (QED) is 0.838. The van der Waals surface area contributed by atoms with Gasteiger partial charge in [0.15, 0.2) is 11.5 Å². The van der Waals surface area contributed by atoms with Crippen molar-refractivity contribution in [1.82, 2.24) is 15.1 Å². The molecule has 142 valence electrons. The molecule has 0 bridgehead atoms. The molecule has 0 aliphatic carbocycles. The van der Waals surface area contributed by atoms with Crippen molar-refractivity contribution in [3.8, 4) is 11.5 Å². The van der Waals surface area contributed by atoms with Crippen LogP contribution in [0, 0.1) is 0 Å². The lowest BCUT2D eigenvalue weighted by molar-refractivity contribution is -0.140. The molecular formula is C18H24ClN3O4. The maximum absolute atomic E-state index is 12.7. The van der Waals surface area contributed by atoms with Gasteiger partial charge in [-0.25, -0.2) is 0 Å². The minimum atomic E-state index is 0. The van der Waals surface area contributed by atoms with Crippen molar-refractivity contribution in [2.75, 3.05) is 39.5 Å². The van der Waals surface area contributed by atoms with E-state index in [9.17, 15) is 9.59 Å². The molecule has 2 saturated heterocycles. The highest BCUT2D eigenvalue weighted by atomic mass is 35.5. The molecule has 1 aromatic rings. The van der Waals surface area contributed by atoms with Crippen LogP contribution in [0.2, 0.25) is 0 Å². The molecule has 3 aliphatic rings. The van der Waals surface area contributed by atoms with Crippen LogP contribution in [-0.2, 0) is 16.0 Å². The molecule has 2 amide bonds. The lowest BCUT2D eigenvalue weighted by Gasteiger charge is -2.41. The van der Waals surface area contributed by atoms with Crippen molar-refractivity contribution in [1.29, 1.82) is 0 Å². The van der Waals surface area contributed by atoms with E-state index in [1.54, 1.807) is 0 Å². The van der Waals surface area contributed by atoms with Crippen molar-refractivity contribution >= 4 is 24.2 Å². The number of hydrogen-bond acceptors (Lipinski definition) is 5. The second-order valence-electron chi connectivity index (χ2n) is 6.76. The van der Waals surface area contributed by atoms with Gasteiger partial charge in [0.1, 0.15) is 0 Å². The second kappa shape index (κ2) is 8.14. The first-order chi connectivity index (χ1) is 12.2. The number of halogens is 1. The van der Waals surface area contributed by atoms with Gasteiger partial charge in [0.2, 0.25) is 18.6 Å². The number of piperazine rings is 1. The van der Waals surface area contributed by atoms with Gasteiger partial charge in [-0.05, 0) is 30.5 Å². The largest absolute Gasteiger partial charge is 0.454 e. The Morgan fingerprint density at radius 3 is 2.92 bits per heavy atom. The fourth-order valence-electron chi connectivity index (χ4n) is 3.78. The molecule has 0 saturated carbocycles. The highest BCUT2D eigenvalue weighted by Crippen LogP contribution is 2.32. The molecule has 3 heterocycles. The van der Waals surface area contributed by atoms with Crippen LogP contribution >= 0.6 is 12.4 Å². The predicted octanol–water partition coefficient (Wildman–Crippen LogP) is 0.802. The van der Waals surface area contributed by atoms with Crippen LogP contribution in [0.4, 0.5) is 0 Å². The Kier molecular flexibility index (Phi) is 5.88. The van der Waals surface area contributed by atoms with Crippen LogP contribution in [0.5, 0.6) is 11.5 Å². The van der Waals surface area contributed by atoms with Crippen LogP contribution in [0.1, 0.15) is 18.4 Å². The monoisotopic (exact) mass is 381 g/mol. The van der Waals surface area contributed by atoms with Gasteiger partial charge in [0.25, 0.3) is 0 Å². The second-order valence-corrected chi connectivity index (χ2v) is 6.76. The summed E-state index contributed by atoms with van der Waals surface area (Å²) < 4.78 is 10.7. The average molecular weight is 382 g/mol. The number of carbonyl (C=O) groups excluding carboxylic acids is 2. The summed E-state index contributed by atoms with van der Waals surface area (Å²) in [5.41, 5.74) is 0.926. The first-order valence-electron chi connectivity index (χ1n) is 8.87. The van der Waals surface area contributed by atoms with Crippen molar-refractivity contribution in [2.24, 2.45) is 0 Å². The Labute approximate surface area is 159 Å². The lowest BCUT2D eigenvalue weighted by Crippen LogP contribution is -2.57. The number of carbonyl (C=O) groups is 2. The van der Waals surface area contributed by atoms with E-state index in [0.29, 0.717) is 25.3 Å². The summed E-state index contributed by atoms with van der Waals surface area (Å²) in [4.78, 5) is 28.7. The zero-order valence-corrected chi connectivity index (χ0v) is 15.4. The number of likely N-dealkylation sites (tertiary alicyclic amines) is 1. The van der Waals surface area contributed by atoms with Gasteiger partial charge in [-0.15, -0.1) is 12.4 Å². The van der Waals surface area contributed by atoms with E-state index in [1.165, 1.54) is 0 Å². The van der Waals surface area contributed by atoms with E-state index in [1.807, 2.05) is 28.0 Å². The molecule has 1 atom stereocenters. The van der Waals surface area contributed by atoms with Gasteiger partial charge in [-0.2, -0.15) is 0 Å². The zero-order valence-electron chi connectivity index (χ0n) is 14.6. The highest BCUT2D eigenvalue weighted by molar-refractivity contribution is 5.85. The maximum atomic E-state index is 12.7. The molecule has 3 aliphatic heterocycles. The Morgan fingerprint density at radius 1 is 1.23 bits per heavy atom. The molecule has 1 aromatic carbocycles. The van der Waals surface area contributed by atoms with Crippen molar-refractivity contribution in [2.45, 2.75) is 25.3 Å². The third-order valence-electron chi connectivity index (χ3n) is 5.11. The van der Waals surface area contributed by atoms with Crippen LogP contribution in [0.15, 0.2) is 18.2 Å². The third kappa shape index (κ3) is 3.88. The summed E-state index contributed by atoms with van der Waals surface area (Å²) in [5.74, 6) is 1.67. The molecule has 1 unspecified atom stereocenters. The number of benzene rings is 1. The highest BCUT2D eigenvalue weighted by Gasteiger charge is 2.31. The predicted molar refractivity (Wildman–Crippen MR) is 97.7 cm³/mol. The van der Waals surface area contributed by atoms with Crippen molar-refractivity contribution in [3.63, 3.8) is 0 Å². The number of hydrogen-bond donors (Lipinski definition) is 1. The molecule has 0 radical (unpaired) electrons. The Morgan fingerprint density at radius 2 is 2.08 bits per heavy atom. The molecule has 1 N–H and O–H groups in total.